The summed E-state index contributed by atoms with van der Waals surface area (Å²) in [6, 6.07) is 9.49. The number of tetrazole rings is 1. The van der Waals surface area contributed by atoms with Gasteiger partial charge < -0.3 is 9.26 Å². The standard InChI is InChI=1S/C15H12N6O2S2/c1-22-12-5-3-2-4-11(12)21-15(17-19-20-21)25-9-13-16-14(23-18-13)10-6-7-24-8-10/h2-8H,9H2,1H3. The number of thioether (sulfide) groups is 1. The number of methoxy groups -OCH3 is 1. The van der Waals surface area contributed by atoms with Crippen molar-refractivity contribution in [2.24, 2.45) is 0 Å². The molecule has 3 heterocycles. The lowest BCUT2D eigenvalue weighted by molar-refractivity contribution is 0.410. The van der Waals surface area contributed by atoms with Crippen molar-refractivity contribution in [2.45, 2.75) is 10.9 Å². The van der Waals surface area contributed by atoms with Crippen LogP contribution in [0.15, 0.2) is 50.8 Å². The maximum Gasteiger partial charge on any atom is 0.258 e. The quantitative estimate of drug-likeness (QED) is 0.477. The second-order valence-corrected chi connectivity index (χ2v) is 6.58. The highest BCUT2D eigenvalue weighted by Gasteiger charge is 2.15. The average Bonchev–Trinajstić information content (AvgIpc) is 3.40. The molecule has 0 spiro atoms. The Morgan fingerprint density at radius 1 is 1.28 bits per heavy atom. The zero-order valence-corrected chi connectivity index (χ0v) is 14.7. The lowest BCUT2D eigenvalue weighted by Crippen LogP contribution is -2.02. The highest BCUT2D eigenvalue weighted by molar-refractivity contribution is 7.98. The van der Waals surface area contributed by atoms with Crippen LogP contribution in [-0.2, 0) is 5.75 Å². The maximum absolute atomic E-state index is 5.37. The Hall–Kier alpha value is -2.72. The number of nitrogens with zero attached hydrogens (tertiary/aromatic N) is 6. The van der Waals surface area contributed by atoms with Gasteiger partial charge in [-0.25, -0.2) is 0 Å². The van der Waals surface area contributed by atoms with Crippen molar-refractivity contribution in [1.82, 2.24) is 30.3 Å². The summed E-state index contributed by atoms with van der Waals surface area (Å²) in [7, 11) is 1.61. The van der Waals surface area contributed by atoms with Gasteiger partial charge in [-0.05, 0) is 34.0 Å². The van der Waals surface area contributed by atoms with Gasteiger partial charge in [0.1, 0.15) is 11.4 Å². The Bertz CT molecular complexity index is 966. The van der Waals surface area contributed by atoms with E-state index in [0.717, 1.165) is 11.3 Å². The third-order valence-corrected chi connectivity index (χ3v) is 4.92. The number of hydrogen-bond donors (Lipinski definition) is 0. The third kappa shape index (κ3) is 3.26. The summed E-state index contributed by atoms with van der Waals surface area (Å²) < 4.78 is 12.3. The van der Waals surface area contributed by atoms with E-state index in [-0.39, 0.29) is 0 Å². The Balaban J connectivity index is 1.52. The first-order valence-electron chi connectivity index (χ1n) is 7.25. The Morgan fingerprint density at radius 2 is 2.20 bits per heavy atom. The molecule has 25 heavy (non-hydrogen) atoms. The Kier molecular flexibility index (Phi) is 4.44. The summed E-state index contributed by atoms with van der Waals surface area (Å²) in [6.07, 6.45) is 0. The maximum atomic E-state index is 5.37. The topological polar surface area (TPSA) is 91.8 Å². The molecule has 0 atom stereocenters. The van der Waals surface area contributed by atoms with Gasteiger partial charge in [0.15, 0.2) is 5.82 Å². The summed E-state index contributed by atoms with van der Waals surface area (Å²) in [5.74, 6) is 2.28. The lowest BCUT2D eigenvalue weighted by Gasteiger charge is -2.08. The minimum Gasteiger partial charge on any atom is -0.494 e. The van der Waals surface area contributed by atoms with Crippen molar-refractivity contribution in [1.29, 1.82) is 0 Å². The van der Waals surface area contributed by atoms with E-state index in [1.54, 1.807) is 23.1 Å². The van der Waals surface area contributed by atoms with Crippen molar-refractivity contribution in [3.8, 4) is 22.9 Å². The largest absolute Gasteiger partial charge is 0.494 e. The molecule has 0 saturated heterocycles. The van der Waals surface area contributed by atoms with Gasteiger partial charge >= 0.3 is 0 Å². The van der Waals surface area contributed by atoms with Crippen LogP contribution in [0.5, 0.6) is 5.75 Å². The second-order valence-electron chi connectivity index (χ2n) is 4.86. The SMILES string of the molecule is COc1ccccc1-n1nnnc1SCc1noc(-c2ccsc2)n1. The first-order valence-corrected chi connectivity index (χ1v) is 9.17. The smallest absolute Gasteiger partial charge is 0.258 e. The van der Waals surface area contributed by atoms with Gasteiger partial charge in [0.25, 0.3) is 5.89 Å². The zero-order valence-electron chi connectivity index (χ0n) is 13.1. The molecular formula is C15H12N6O2S2. The fraction of sp³-hybridized carbons (Fsp3) is 0.133. The fourth-order valence-electron chi connectivity index (χ4n) is 2.17. The molecule has 0 aliphatic rings. The van der Waals surface area contributed by atoms with E-state index in [1.165, 1.54) is 11.8 Å². The minimum atomic E-state index is 0.489. The number of ether oxygens (including phenoxy) is 1. The minimum absolute atomic E-state index is 0.489. The van der Waals surface area contributed by atoms with Gasteiger partial charge in [0.2, 0.25) is 5.16 Å². The molecule has 0 aliphatic carbocycles. The second kappa shape index (κ2) is 7.03. The molecule has 0 radical (unpaired) electrons. The molecule has 0 fully saturated rings. The van der Waals surface area contributed by atoms with Gasteiger partial charge in [-0.15, -0.1) is 5.10 Å². The van der Waals surface area contributed by atoms with Gasteiger partial charge in [0.05, 0.1) is 18.4 Å². The molecule has 126 valence electrons. The number of hydrogen-bond acceptors (Lipinski definition) is 9. The number of aromatic nitrogens is 6. The molecule has 10 heteroatoms. The van der Waals surface area contributed by atoms with Crippen LogP contribution in [0.1, 0.15) is 5.82 Å². The Labute approximate surface area is 150 Å². The monoisotopic (exact) mass is 372 g/mol. The molecule has 3 aromatic heterocycles. The Morgan fingerprint density at radius 3 is 3.04 bits per heavy atom. The molecular weight excluding hydrogens is 360 g/mol. The first-order chi connectivity index (χ1) is 12.3. The van der Waals surface area contributed by atoms with Crippen LogP contribution in [0, 0.1) is 0 Å². The van der Waals surface area contributed by atoms with Crippen molar-refractivity contribution < 1.29 is 9.26 Å². The van der Waals surface area contributed by atoms with Crippen LogP contribution in [0.2, 0.25) is 0 Å². The molecule has 1 aromatic carbocycles. The molecule has 4 aromatic rings. The highest BCUT2D eigenvalue weighted by atomic mass is 32.2. The predicted molar refractivity (Wildman–Crippen MR) is 92.9 cm³/mol. The lowest BCUT2D eigenvalue weighted by atomic mass is 10.3. The molecule has 0 N–H and O–H groups in total. The van der Waals surface area contributed by atoms with Gasteiger partial charge in [-0.3, -0.25) is 0 Å². The van der Waals surface area contributed by atoms with Gasteiger partial charge in [-0.1, -0.05) is 29.1 Å². The van der Waals surface area contributed by atoms with Crippen molar-refractivity contribution >= 4 is 23.1 Å². The van der Waals surface area contributed by atoms with Crippen LogP contribution >= 0.6 is 23.1 Å². The van der Waals surface area contributed by atoms with E-state index in [9.17, 15) is 0 Å². The molecule has 4 rings (SSSR count). The molecule has 8 nitrogen and oxygen atoms in total. The third-order valence-electron chi connectivity index (χ3n) is 3.32. The summed E-state index contributed by atoms with van der Waals surface area (Å²) in [5.41, 5.74) is 1.69. The van der Waals surface area contributed by atoms with Crippen LogP contribution < -0.4 is 4.74 Å². The van der Waals surface area contributed by atoms with E-state index in [0.29, 0.717) is 28.4 Å². The number of thiophene rings is 1. The summed E-state index contributed by atoms with van der Waals surface area (Å²) in [6.45, 7) is 0. The summed E-state index contributed by atoms with van der Waals surface area (Å²) in [5, 5.41) is 20.4. The van der Waals surface area contributed by atoms with Crippen LogP contribution in [0.25, 0.3) is 17.1 Å². The van der Waals surface area contributed by atoms with E-state index < -0.39 is 0 Å². The molecule has 0 saturated carbocycles. The zero-order chi connectivity index (χ0) is 17.1. The molecule has 0 amide bonds. The fourth-order valence-corrected chi connectivity index (χ4v) is 3.53. The van der Waals surface area contributed by atoms with Crippen molar-refractivity contribution in [2.75, 3.05) is 7.11 Å². The van der Waals surface area contributed by atoms with Crippen LogP contribution in [-0.4, -0.2) is 37.5 Å². The predicted octanol–water partition coefficient (Wildman–Crippen LogP) is 3.07. The van der Waals surface area contributed by atoms with Crippen LogP contribution in [0.4, 0.5) is 0 Å². The number of benzene rings is 1. The van der Waals surface area contributed by atoms with E-state index in [4.69, 9.17) is 9.26 Å². The van der Waals surface area contributed by atoms with E-state index in [2.05, 4.69) is 25.7 Å². The number of rotatable bonds is 6. The molecule has 0 aliphatic heterocycles. The van der Waals surface area contributed by atoms with Gasteiger partial charge in [-0.2, -0.15) is 21.0 Å². The highest BCUT2D eigenvalue weighted by Crippen LogP contribution is 2.27. The molecule has 0 unspecified atom stereocenters. The first kappa shape index (κ1) is 15.8. The van der Waals surface area contributed by atoms with Crippen molar-refractivity contribution in [3.05, 3.63) is 46.9 Å². The van der Waals surface area contributed by atoms with Gasteiger partial charge in [0, 0.05) is 5.38 Å². The number of para-hydroxylation sites is 2. The summed E-state index contributed by atoms with van der Waals surface area (Å²) >= 11 is 3.00. The van der Waals surface area contributed by atoms with E-state index >= 15 is 0 Å². The van der Waals surface area contributed by atoms with Crippen LogP contribution in [0.3, 0.4) is 0 Å². The van der Waals surface area contributed by atoms with Crippen molar-refractivity contribution in [3.63, 3.8) is 0 Å². The normalized spacial score (nSPS) is 10.9. The summed E-state index contributed by atoms with van der Waals surface area (Å²) in [4.78, 5) is 4.39. The molecule has 0 bridgehead atoms. The van der Waals surface area contributed by atoms with E-state index in [1.807, 2.05) is 41.1 Å². The average molecular weight is 372 g/mol.